The average Bonchev–Trinajstić information content (AvgIpc) is 3.46. The molecule has 0 aromatic rings. The van der Waals surface area contributed by atoms with Crippen molar-refractivity contribution in [3.63, 3.8) is 0 Å². The summed E-state index contributed by atoms with van der Waals surface area (Å²) in [5, 5.41) is 0. The molecule has 0 heterocycles. The fourth-order valence-electron chi connectivity index (χ4n) is 11.4. The molecule has 0 aliphatic carbocycles. The van der Waals surface area contributed by atoms with E-state index in [0.29, 0.717) is 19.3 Å². The van der Waals surface area contributed by atoms with Gasteiger partial charge in [-0.1, -0.05) is 353 Å². The third-order valence-electron chi connectivity index (χ3n) is 16.9. The van der Waals surface area contributed by atoms with Gasteiger partial charge in [0.25, 0.3) is 0 Å². The van der Waals surface area contributed by atoms with Crippen LogP contribution in [0.4, 0.5) is 0 Å². The normalized spacial score (nSPS) is 12.1. The van der Waals surface area contributed by atoms with E-state index in [2.05, 4.69) is 45.1 Å². The minimum atomic E-state index is -0.770. The van der Waals surface area contributed by atoms with Gasteiger partial charge >= 0.3 is 17.9 Å². The first-order valence-corrected chi connectivity index (χ1v) is 36.8. The van der Waals surface area contributed by atoms with Crippen LogP contribution in [0.5, 0.6) is 0 Å². The Balaban J connectivity index is 4.09. The summed E-state index contributed by atoms with van der Waals surface area (Å²) in [7, 11) is 0. The van der Waals surface area contributed by atoms with Gasteiger partial charge in [-0.3, -0.25) is 14.4 Å². The van der Waals surface area contributed by atoms with Crippen LogP contribution in [0.1, 0.15) is 419 Å². The SMILES string of the molecule is CCCCCCCC/C=C\CCCCCCCCCC(=O)OC(COC(=O)CCCCCCCCCCCCCCC)COC(=O)CCCCCCCCCCCCCCCCCCCCCCC/C=C\CCCCCCCCCC. The minimum absolute atomic E-state index is 0.0663. The highest BCUT2D eigenvalue weighted by Crippen LogP contribution is 2.19. The lowest BCUT2D eigenvalue weighted by molar-refractivity contribution is -0.167. The molecule has 1 unspecified atom stereocenters. The van der Waals surface area contributed by atoms with E-state index in [1.54, 1.807) is 0 Å². The molecule has 0 rings (SSSR count). The lowest BCUT2D eigenvalue weighted by Gasteiger charge is -2.18. The largest absolute Gasteiger partial charge is 0.462 e. The Morgan fingerprint density at radius 2 is 0.407 bits per heavy atom. The number of esters is 3. The van der Waals surface area contributed by atoms with Crippen molar-refractivity contribution in [1.29, 1.82) is 0 Å². The maximum atomic E-state index is 12.9. The Hall–Kier alpha value is -2.11. The zero-order chi connectivity index (χ0) is 58.5. The molecule has 0 aliphatic heterocycles. The van der Waals surface area contributed by atoms with Gasteiger partial charge in [-0.15, -0.1) is 0 Å². The van der Waals surface area contributed by atoms with Crippen LogP contribution < -0.4 is 0 Å². The lowest BCUT2D eigenvalue weighted by atomic mass is 10.0. The van der Waals surface area contributed by atoms with Gasteiger partial charge < -0.3 is 14.2 Å². The van der Waals surface area contributed by atoms with Crippen LogP contribution in [0.25, 0.3) is 0 Å². The fraction of sp³-hybridized carbons (Fsp3) is 0.907. The molecular weight excluding hydrogens is 997 g/mol. The summed E-state index contributed by atoms with van der Waals surface area (Å²) < 4.78 is 17.0. The van der Waals surface area contributed by atoms with Crippen molar-refractivity contribution >= 4 is 17.9 Å². The van der Waals surface area contributed by atoms with Crippen LogP contribution in [0, 0.1) is 0 Å². The molecule has 0 saturated heterocycles. The number of carbonyl (C=O) groups excluding carboxylic acids is 3. The molecule has 6 heteroatoms. The van der Waals surface area contributed by atoms with E-state index in [9.17, 15) is 14.4 Å². The van der Waals surface area contributed by atoms with Crippen molar-refractivity contribution in [2.24, 2.45) is 0 Å². The Labute approximate surface area is 506 Å². The van der Waals surface area contributed by atoms with Crippen LogP contribution in [0.15, 0.2) is 24.3 Å². The molecule has 0 aliphatic rings. The van der Waals surface area contributed by atoms with Crippen molar-refractivity contribution in [3.05, 3.63) is 24.3 Å². The molecule has 0 saturated carbocycles. The average molecular weight is 1140 g/mol. The van der Waals surface area contributed by atoms with E-state index in [1.807, 2.05) is 0 Å². The number of hydrogen-bond donors (Lipinski definition) is 0. The summed E-state index contributed by atoms with van der Waals surface area (Å²) in [6.45, 7) is 6.71. The topological polar surface area (TPSA) is 78.9 Å². The zero-order valence-electron chi connectivity index (χ0n) is 55.1. The Bertz CT molecular complexity index is 1310. The molecule has 0 aromatic carbocycles. The zero-order valence-corrected chi connectivity index (χ0v) is 55.1. The number of ether oxygens (including phenoxy) is 3. The highest BCUT2D eigenvalue weighted by molar-refractivity contribution is 5.71. The maximum Gasteiger partial charge on any atom is 0.306 e. The molecule has 0 bridgehead atoms. The number of allylic oxidation sites excluding steroid dienone is 4. The van der Waals surface area contributed by atoms with Crippen molar-refractivity contribution in [2.45, 2.75) is 425 Å². The molecule has 0 fully saturated rings. The fourth-order valence-corrected chi connectivity index (χ4v) is 11.4. The van der Waals surface area contributed by atoms with Gasteiger partial charge in [-0.2, -0.15) is 0 Å². The molecule has 6 nitrogen and oxygen atoms in total. The number of rotatable bonds is 69. The summed E-state index contributed by atoms with van der Waals surface area (Å²) in [4.78, 5) is 38.4. The monoisotopic (exact) mass is 1140 g/mol. The molecule has 0 aromatic heterocycles. The first kappa shape index (κ1) is 78.9. The van der Waals surface area contributed by atoms with Gasteiger partial charge in [0, 0.05) is 19.3 Å². The second-order valence-corrected chi connectivity index (χ2v) is 25.2. The van der Waals surface area contributed by atoms with Crippen LogP contribution in [0.3, 0.4) is 0 Å². The van der Waals surface area contributed by atoms with Gasteiger partial charge in [-0.25, -0.2) is 0 Å². The molecule has 0 N–H and O–H groups in total. The van der Waals surface area contributed by atoms with E-state index >= 15 is 0 Å². The Morgan fingerprint density at radius 3 is 0.617 bits per heavy atom. The van der Waals surface area contributed by atoms with E-state index in [1.165, 1.54) is 321 Å². The molecule has 0 amide bonds. The lowest BCUT2D eigenvalue weighted by Crippen LogP contribution is -2.30. The smallest absolute Gasteiger partial charge is 0.306 e. The second kappa shape index (κ2) is 70.4. The number of hydrogen-bond acceptors (Lipinski definition) is 6. The summed E-state index contributed by atoms with van der Waals surface area (Å²) >= 11 is 0. The summed E-state index contributed by atoms with van der Waals surface area (Å²) in [5.41, 5.74) is 0. The van der Waals surface area contributed by atoms with E-state index in [-0.39, 0.29) is 31.1 Å². The Kier molecular flexibility index (Phi) is 68.5. The van der Waals surface area contributed by atoms with Crippen molar-refractivity contribution in [3.8, 4) is 0 Å². The van der Waals surface area contributed by atoms with Crippen LogP contribution in [-0.4, -0.2) is 37.2 Å². The molecular formula is C75H142O6. The molecule has 81 heavy (non-hydrogen) atoms. The van der Waals surface area contributed by atoms with Crippen LogP contribution in [-0.2, 0) is 28.6 Å². The first-order valence-electron chi connectivity index (χ1n) is 36.8. The van der Waals surface area contributed by atoms with Crippen LogP contribution in [0.2, 0.25) is 0 Å². The molecule has 478 valence electrons. The van der Waals surface area contributed by atoms with Gasteiger partial charge in [0.2, 0.25) is 0 Å². The number of unbranched alkanes of at least 4 members (excludes halogenated alkanes) is 54. The van der Waals surface area contributed by atoms with E-state index < -0.39 is 6.10 Å². The van der Waals surface area contributed by atoms with Gasteiger partial charge in [0.05, 0.1) is 0 Å². The summed E-state index contributed by atoms with van der Waals surface area (Å²) in [6, 6.07) is 0. The summed E-state index contributed by atoms with van der Waals surface area (Å²) in [6.07, 6.45) is 86.6. The van der Waals surface area contributed by atoms with Gasteiger partial charge in [0.1, 0.15) is 13.2 Å². The minimum Gasteiger partial charge on any atom is -0.462 e. The molecule has 0 radical (unpaired) electrons. The Morgan fingerprint density at radius 1 is 0.235 bits per heavy atom. The predicted octanol–water partition coefficient (Wildman–Crippen LogP) is 25.3. The van der Waals surface area contributed by atoms with Crippen LogP contribution >= 0.6 is 0 Å². The standard InChI is InChI=1S/C75H142O6/c1-4-7-10-13-16-19-22-25-27-29-30-31-32-33-34-35-36-37-38-39-40-41-42-43-44-46-47-50-53-56-59-62-65-68-74(77)80-71-72(70-79-73(76)67-64-61-58-55-52-49-24-21-18-15-12-9-6-3)81-75(78)69-66-63-60-57-54-51-48-45-28-26-23-20-17-14-11-8-5-2/h26,28-30,72H,4-25,27,31-71H2,1-3H3/b28-26-,30-29-. The molecule has 0 spiro atoms. The highest BCUT2D eigenvalue weighted by atomic mass is 16.6. The van der Waals surface area contributed by atoms with Gasteiger partial charge in [0.15, 0.2) is 6.10 Å². The number of carbonyl (C=O) groups is 3. The third-order valence-corrected chi connectivity index (χ3v) is 16.9. The molecule has 1 atom stereocenters. The second-order valence-electron chi connectivity index (χ2n) is 25.2. The predicted molar refractivity (Wildman–Crippen MR) is 353 cm³/mol. The van der Waals surface area contributed by atoms with Crippen molar-refractivity contribution in [1.82, 2.24) is 0 Å². The first-order chi connectivity index (χ1) is 40.0. The van der Waals surface area contributed by atoms with E-state index in [0.717, 1.165) is 57.8 Å². The van der Waals surface area contributed by atoms with E-state index in [4.69, 9.17) is 14.2 Å². The quantitative estimate of drug-likeness (QED) is 0.0261. The van der Waals surface area contributed by atoms with Crippen molar-refractivity contribution in [2.75, 3.05) is 13.2 Å². The third kappa shape index (κ3) is 68.6. The summed E-state index contributed by atoms with van der Waals surface area (Å²) in [5.74, 6) is -0.839. The van der Waals surface area contributed by atoms with Crippen molar-refractivity contribution < 1.29 is 28.6 Å². The maximum absolute atomic E-state index is 12.9. The highest BCUT2D eigenvalue weighted by Gasteiger charge is 2.20. The van der Waals surface area contributed by atoms with Gasteiger partial charge in [-0.05, 0) is 70.6 Å².